The van der Waals surface area contributed by atoms with E-state index in [2.05, 4.69) is 20.6 Å². The number of aromatic nitrogens is 2. The highest BCUT2D eigenvalue weighted by molar-refractivity contribution is 7.98. The maximum absolute atomic E-state index is 14.7. The Morgan fingerprint density at radius 1 is 1.21 bits per heavy atom. The molecule has 3 amide bonds. The second kappa shape index (κ2) is 9.76. The third kappa shape index (κ3) is 4.33. The molecule has 0 saturated carbocycles. The molecule has 176 valence electrons. The summed E-state index contributed by atoms with van der Waals surface area (Å²) in [5, 5.41) is 5.84. The smallest absolute Gasteiger partial charge is 0.328 e. The van der Waals surface area contributed by atoms with Gasteiger partial charge in [0.25, 0.3) is 5.91 Å². The average Bonchev–Trinajstić information content (AvgIpc) is 2.83. The lowest BCUT2D eigenvalue weighted by molar-refractivity contribution is 0.0953. The largest absolute Gasteiger partial charge is 0.352 e. The van der Waals surface area contributed by atoms with E-state index in [-0.39, 0.29) is 18.3 Å². The summed E-state index contributed by atoms with van der Waals surface area (Å²) in [6.07, 6.45) is 2.58. The van der Waals surface area contributed by atoms with Gasteiger partial charge in [0.05, 0.1) is 12.2 Å². The fourth-order valence-electron chi connectivity index (χ4n) is 3.72. The molecule has 0 spiro atoms. The number of carbonyl (C=O) groups is 2. The molecule has 0 saturated heterocycles. The zero-order chi connectivity index (χ0) is 24.4. The summed E-state index contributed by atoms with van der Waals surface area (Å²) in [6, 6.07) is 7.98. The molecule has 10 heteroatoms. The van der Waals surface area contributed by atoms with Crippen molar-refractivity contribution in [1.29, 1.82) is 0 Å². The molecule has 0 fully saturated rings. The summed E-state index contributed by atoms with van der Waals surface area (Å²) < 4.78 is 29.3. The van der Waals surface area contributed by atoms with Gasteiger partial charge >= 0.3 is 6.03 Å². The first-order valence-electron chi connectivity index (χ1n) is 10.7. The number of anilines is 2. The van der Waals surface area contributed by atoms with Crippen molar-refractivity contribution in [3.05, 3.63) is 64.7 Å². The highest BCUT2D eigenvalue weighted by Crippen LogP contribution is 2.39. The van der Waals surface area contributed by atoms with Gasteiger partial charge in [0.15, 0.2) is 11.0 Å². The predicted molar refractivity (Wildman–Crippen MR) is 127 cm³/mol. The Balaban J connectivity index is 1.92. The number of fused-ring (bicyclic) bond motifs is 1. The zero-order valence-corrected chi connectivity index (χ0v) is 19.7. The number of halogens is 2. The molecular formula is C24H23F2N5O2S. The lowest BCUT2D eigenvalue weighted by Crippen LogP contribution is -2.43. The number of aryl methyl sites for hydroxylation is 1. The number of benzene rings is 2. The van der Waals surface area contributed by atoms with Crippen LogP contribution < -0.4 is 15.5 Å². The van der Waals surface area contributed by atoms with Crippen LogP contribution in [0.25, 0.3) is 11.3 Å². The molecule has 1 aliphatic rings. The van der Waals surface area contributed by atoms with Crippen LogP contribution in [0.3, 0.4) is 0 Å². The van der Waals surface area contributed by atoms with Crippen molar-refractivity contribution >= 4 is 35.2 Å². The van der Waals surface area contributed by atoms with Crippen molar-refractivity contribution in [2.45, 2.75) is 32.0 Å². The van der Waals surface area contributed by atoms with E-state index in [1.54, 1.807) is 18.4 Å². The first kappa shape index (κ1) is 23.6. The Labute approximate surface area is 200 Å². The second-order valence-electron chi connectivity index (χ2n) is 7.71. The number of nitrogens with one attached hydrogen (secondary N) is 2. The van der Waals surface area contributed by atoms with Crippen molar-refractivity contribution in [3.8, 4) is 11.3 Å². The molecule has 0 atom stereocenters. The standard InChI is InChI=1S/C24H23F2N5O2S/c1-4-10-27-22(32)14-9-8-13(2)15(11-14)19-16-12-28-24(33)31(21(16)30-23(29-19)34-3)20-17(25)6-5-7-18(20)26/h5-9,11H,4,10,12H2,1-3H3,(H,27,32)(H,28,33). The topological polar surface area (TPSA) is 87.2 Å². The van der Waals surface area contributed by atoms with E-state index in [0.717, 1.165) is 29.0 Å². The van der Waals surface area contributed by atoms with Crippen molar-refractivity contribution < 1.29 is 18.4 Å². The summed E-state index contributed by atoms with van der Waals surface area (Å²) in [6.45, 7) is 4.47. The third-order valence-electron chi connectivity index (χ3n) is 5.43. The van der Waals surface area contributed by atoms with Crippen LogP contribution in [0.15, 0.2) is 41.6 Å². The molecule has 0 unspecified atom stereocenters. The molecule has 2 aromatic carbocycles. The molecule has 0 radical (unpaired) electrons. The molecule has 4 rings (SSSR count). The van der Waals surface area contributed by atoms with Gasteiger partial charge in [-0.1, -0.05) is 30.8 Å². The minimum Gasteiger partial charge on any atom is -0.352 e. The van der Waals surface area contributed by atoms with Gasteiger partial charge in [-0.3, -0.25) is 4.79 Å². The zero-order valence-electron chi connectivity index (χ0n) is 18.9. The Bertz CT molecular complexity index is 1260. The van der Waals surface area contributed by atoms with Crippen LogP contribution in [0, 0.1) is 18.6 Å². The second-order valence-corrected chi connectivity index (χ2v) is 8.48. The first-order chi connectivity index (χ1) is 16.3. The number of nitrogens with zero attached hydrogens (tertiary/aromatic N) is 3. The number of amides is 3. The molecule has 2 N–H and O–H groups in total. The number of hydrogen-bond acceptors (Lipinski definition) is 5. The van der Waals surface area contributed by atoms with Crippen LogP contribution in [-0.4, -0.2) is 34.7 Å². The Morgan fingerprint density at radius 3 is 2.62 bits per heavy atom. The van der Waals surface area contributed by atoms with Gasteiger partial charge in [-0.25, -0.2) is 28.4 Å². The number of urea groups is 1. The molecule has 0 aliphatic carbocycles. The number of para-hydroxylation sites is 1. The molecule has 7 nitrogen and oxygen atoms in total. The van der Waals surface area contributed by atoms with E-state index in [0.29, 0.717) is 34.1 Å². The molecule has 0 bridgehead atoms. The van der Waals surface area contributed by atoms with Crippen LogP contribution >= 0.6 is 11.8 Å². The van der Waals surface area contributed by atoms with E-state index < -0.39 is 23.4 Å². The summed E-state index contributed by atoms with van der Waals surface area (Å²) >= 11 is 1.24. The quantitative estimate of drug-likeness (QED) is 0.383. The number of rotatable bonds is 6. The number of carbonyl (C=O) groups excluding carboxylic acids is 2. The number of thioether (sulfide) groups is 1. The van der Waals surface area contributed by atoms with Crippen LogP contribution in [0.4, 0.5) is 25.1 Å². The molecule has 1 aliphatic heterocycles. The van der Waals surface area contributed by atoms with Gasteiger partial charge in [-0.2, -0.15) is 0 Å². The normalized spacial score (nSPS) is 12.9. The molecule has 1 aromatic heterocycles. The van der Waals surface area contributed by atoms with Gasteiger partial charge in [-0.15, -0.1) is 0 Å². The van der Waals surface area contributed by atoms with E-state index >= 15 is 0 Å². The van der Waals surface area contributed by atoms with Gasteiger partial charge in [0.1, 0.15) is 17.3 Å². The van der Waals surface area contributed by atoms with Crippen LogP contribution in [0.5, 0.6) is 0 Å². The SMILES string of the molecule is CCCNC(=O)c1ccc(C)c(-c2nc(SC)nc3c2CNC(=O)N3c2c(F)cccc2F)c1. The fraction of sp³-hybridized carbons (Fsp3) is 0.250. The maximum atomic E-state index is 14.7. The molecular weight excluding hydrogens is 460 g/mol. The monoisotopic (exact) mass is 483 g/mol. The summed E-state index contributed by atoms with van der Waals surface area (Å²) in [5.41, 5.74) is 2.45. The lowest BCUT2D eigenvalue weighted by Gasteiger charge is -2.30. The van der Waals surface area contributed by atoms with Crippen molar-refractivity contribution in [1.82, 2.24) is 20.6 Å². The average molecular weight is 484 g/mol. The molecule has 34 heavy (non-hydrogen) atoms. The van der Waals surface area contributed by atoms with Crippen molar-refractivity contribution in [3.63, 3.8) is 0 Å². The maximum Gasteiger partial charge on any atom is 0.328 e. The molecule has 2 heterocycles. The van der Waals surface area contributed by atoms with Crippen LogP contribution in [0.1, 0.15) is 34.8 Å². The number of hydrogen-bond donors (Lipinski definition) is 2. The van der Waals surface area contributed by atoms with Crippen molar-refractivity contribution in [2.75, 3.05) is 17.7 Å². The van der Waals surface area contributed by atoms with Crippen molar-refractivity contribution in [2.24, 2.45) is 0 Å². The molecule has 3 aromatic rings. The minimum absolute atomic E-state index is 0.0659. The van der Waals surface area contributed by atoms with E-state index in [1.807, 2.05) is 19.9 Å². The first-order valence-corrected chi connectivity index (χ1v) is 11.9. The van der Waals surface area contributed by atoms with Crippen LogP contribution in [0.2, 0.25) is 0 Å². The van der Waals surface area contributed by atoms with Gasteiger partial charge in [0, 0.05) is 23.2 Å². The van der Waals surface area contributed by atoms with E-state index in [1.165, 1.54) is 17.8 Å². The third-order valence-corrected chi connectivity index (χ3v) is 5.98. The van der Waals surface area contributed by atoms with E-state index in [4.69, 9.17) is 0 Å². The lowest BCUT2D eigenvalue weighted by atomic mass is 9.97. The minimum atomic E-state index is -0.889. The Morgan fingerprint density at radius 2 is 1.94 bits per heavy atom. The summed E-state index contributed by atoms with van der Waals surface area (Å²) in [7, 11) is 0. The highest BCUT2D eigenvalue weighted by Gasteiger charge is 2.34. The fourth-order valence-corrected chi connectivity index (χ4v) is 4.08. The highest BCUT2D eigenvalue weighted by atomic mass is 32.2. The summed E-state index contributed by atoms with van der Waals surface area (Å²) in [4.78, 5) is 35.3. The van der Waals surface area contributed by atoms with Gasteiger partial charge < -0.3 is 10.6 Å². The van der Waals surface area contributed by atoms with Gasteiger partial charge in [-0.05, 0) is 49.4 Å². The Hall–Kier alpha value is -3.53. The predicted octanol–water partition coefficient (Wildman–Crippen LogP) is 4.95. The Kier molecular flexibility index (Phi) is 6.78. The van der Waals surface area contributed by atoms with E-state index in [9.17, 15) is 18.4 Å². The summed E-state index contributed by atoms with van der Waals surface area (Å²) in [5.74, 6) is -1.89. The van der Waals surface area contributed by atoms with Crippen LogP contribution in [-0.2, 0) is 6.54 Å². The van der Waals surface area contributed by atoms with Gasteiger partial charge in [0.2, 0.25) is 0 Å².